The summed E-state index contributed by atoms with van der Waals surface area (Å²) in [6, 6.07) is 5.37. The molecule has 0 spiro atoms. The van der Waals surface area contributed by atoms with Crippen molar-refractivity contribution in [2.75, 3.05) is 0 Å². The minimum atomic E-state index is -0.502. The number of nitrogens with one attached hydrogen (secondary N) is 1. The number of halogens is 1. The number of H-pyrrole nitrogens is 1. The molecule has 1 aromatic carbocycles. The third-order valence-electron chi connectivity index (χ3n) is 2.92. The number of benzene rings is 1. The zero-order valence-electron chi connectivity index (χ0n) is 8.70. The molecule has 1 unspecified atom stereocenters. The van der Waals surface area contributed by atoms with Crippen LogP contribution in [0.3, 0.4) is 0 Å². The third kappa shape index (κ3) is 1.61. The summed E-state index contributed by atoms with van der Waals surface area (Å²) in [7, 11) is 0. The highest BCUT2D eigenvalue weighted by atomic mass is 35.5. The quantitative estimate of drug-likeness (QED) is 0.624. The number of ether oxygens (including phenoxy) is 1. The Morgan fingerprint density at radius 1 is 1.35 bits per heavy atom. The van der Waals surface area contributed by atoms with Crippen LogP contribution in [0.5, 0.6) is 0 Å². The van der Waals surface area contributed by atoms with Gasteiger partial charge in [0.1, 0.15) is 0 Å². The average molecular weight is 250 g/mol. The van der Waals surface area contributed by atoms with E-state index >= 15 is 0 Å². The van der Waals surface area contributed by atoms with Gasteiger partial charge in [-0.2, -0.15) is 0 Å². The van der Waals surface area contributed by atoms with Gasteiger partial charge in [-0.15, -0.1) is 0 Å². The van der Waals surface area contributed by atoms with Crippen LogP contribution in [-0.4, -0.2) is 16.9 Å². The van der Waals surface area contributed by atoms with E-state index in [1.165, 1.54) is 0 Å². The minimum absolute atomic E-state index is 0.106. The summed E-state index contributed by atoms with van der Waals surface area (Å²) < 4.78 is 4.55. The zero-order chi connectivity index (χ0) is 12.0. The molecule has 1 saturated heterocycles. The topological polar surface area (TPSA) is 59.2 Å². The molecule has 0 radical (unpaired) electrons. The van der Waals surface area contributed by atoms with Crippen molar-refractivity contribution in [3.63, 3.8) is 0 Å². The lowest BCUT2D eigenvalue weighted by atomic mass is 9.97. The fraction of sp³-hybridized carbons (Fsp3) is 0.167. The summed E-state index contributed by atoms with van der Waals surface area (Å²) in [6.07, 6.45) is 1.83. The fourth-order valence-corrected chi connectivity index (χ4v) is 2.29. The highest BCUT2D eigenvalue weighted by Gasteiger charge is 2.35. The highest BCUT2D eigenvalue weighted by molar-refractivity contribution is 6.31. The van der Waals surface area contributed by atoms with Gasteiger partial charge in [-0.25, -0.2) is 0 Å². The predicted molar refractivity (Wildman–Crippen MR) is 61.8 cm³/mol. The second-order valence-electron chi connectivity index (χ2n) is 3.98. The monoisotopic (exact) mass is 249 g/mol. The summed E-state index contributed by atoms with van der Waals surface area (Å²) in [5.74, 6) is -1.45. The molecule has 3 rings (SSSR count). The van der Waals surface area contributed by atoms with Crippen LogP contribution in [-0.2, 0) is 14.3 Å². The van der Waals surface area contributed by atoms with Gasteiger partial charge in [-0.3, -0.25) is 9.59 Å². The highest BCUT2D eigenvalue weighted by Crippen LogP contribution is 2.33. The predicted octanol–water partition coefficient (Wildman–Crippen LogP) is 2.38. The molecule has 0 amide bonds. The Morgan fingerprint density at radius 3 is 2.88 bits per heavy atom. The number of aromatic nitrogens is 1. The smallest absolute Gasteiger partial charge is 0.321 e. The summed E-state index contributed by atoms with van der Waals surface area (Å²) in [6.45, 7) is 0. The Labute approximate surface area is 102 Å². The van der Waals surface area contributed by atoms with Crippen LogP contribution in [0, 0.1) is 0 Å². The molecule has 1 N–H and O–H groups in total. The number of rotatable bonds is 1. The number of cyclic esters (lactones) is 2. The first kappa shape index (κ1) is 10.4. The second kappa shape index (κ2) is 3.60. The Balaban J connectivity index is 2.12. The van der Waals surface area contributed by atoms with E-state index in [0.29, 0.717) is 5.02 Å². The van der Waals surface area contributed by atoms with E-state index in [2.05, 4.69) is 9.72 Å². The van der Waals surface area contributed by atoms with Crippen LogP contribution in [0.25, 0.3) is 10.9 Å². The van der Waals surface area contributed by atoms with Gasteiger partial charge in [0.05, 0.1) is 12.3 Å². The van der Waals surface area contributed by atoms with Crippen LogP contribution < -0.4 is 0 Å². The van der Waals surface area contributed by atoms with E-state index < -0.39 is 17.9 Å². The van der Waals surface area contributed by atoms with Crippen molar-refractivity contribution in [2.24, 2.45) is 0 Å². The molecule has 1 aliphatic rings. The van der Waals surface area contributed by atoms with E-state index in [-0.39, 0.29) is 6.42 Å². The van der Waals surface area contributed by atoms with Crippen LogP contribution in [0.2, 0.25) is 5.02 Å². The van der Waals surface area contributed by atoms with Crippen LogP contribution in [0.4, 0.5) is 0 Å². The number of carbonyl (C=O) groups excluding carboxylic acids is 2. The van der Waals surface area contributed by atoms with Gasteiger partial charge in [-0.05, 0) is 17.7 Å². The van der Waals surface area contributed by atoms with Gasteiger partial charge in [0, 0.05) is 22.1 Å². The lowest BCUT2D eigenvalue weighted by molar-refractivity contribution is -0.152. The van der Waals surface area contributed by atoms with Crippen LogP contribution in [0.15, 0.2) is 24.4 Å². The van der Waals surface area contributed by atoms with Crippen LogP contribution in [0.1, 0.15) is 17.9 Å². The molecule has 1 aromatic heterocycles. The third-order valence-corrected chi connectivity index (χ3v) is 3.16. The molecule has 4 nitrogen and oxygen atoms in total. The van der Waals surface area contributed by atoms with E-state index in [0.717, 1.165) is 16.5 Å². The van der Waals surface area contributed by atoms with Crippen molar-refractivity contribution in [1.29, 1.82) is 0 Å². The SMILES string of the molecule is O=C1CC(c2c[nH]c3cc(Cl)ccc23)C(=O)O1. The molecule has 0 aliphatic carbocycles. The minimum Gasteiger partial charge on any atom is -0.393 e. The molecule has 0 bridgehead atoms. The van der Waals surface area contributed by atoms with Gasteiger partial charge in [0.2, 0.25) is 0 Å². The Hall–Kier alpha value is -1.81. The number of carbonyl (C=O) groups is 2. The lowest BCUT2D eigenvalue weighted by Crippen LogP contribution is -2.04. The molecule has 1 aliphatic heterocycles. The maximum Gasteiger partial charge on any atom is 0.321 e. The molecular weight excluding hydrogens is 242 g/mol. The Kier molecular flexibility index (Phi) is 2.19. The Bertz CT molecular complexity index is 632. The van der Waals surface area contributed by atoms with Gasteiger partial charge >= 0.3 is 11.9 Å². The summed E-state index contributed by atoms with van der Waals surface area (Å²) in [5, 5.41) is 1.52. The van der Waals surface area contributed by atoms with Crippen molar-refractivity contribution in [3.8, 4) is 0 Å². The number of hydrogen-bond donors (Lipinski definition) is 1. The molecule has 2 heterocycles. The van der Waals surface area contributed by atoms with Gasteiger partial charge in [0.25, 0.3) is 0 Å². The molecule has 1 atom stereocenters. The number of hydrogen-bond acceptors (Lipinski definition) is 3. The van der Waals surface area contributed by atoms with E-state index in [1.807, 2.05) is 6.07 Å². The summed E-state index contributed by atoms with van der Waals surface area (Å²) in [5.41, 5.74) is 1.63. The van der Waals surface area contributed by atoms with Crippen molar-refractivity contribution in [1.82, 2.24) is 4.98 Å². The molecular formula is C12H8ClNO3. The number of fused-ring (bicyclic) bond motifs is 1. The molecule has 5 heteroatoms. The first-order chi connectivity index (χ1) is 8.15. The zero-order valence-corrected chi connectivity index (χ0v) is 9.45. The first-order valence-electron chi connectivity index (χ1n) is 5.16. The van der Waals surface area contributed by atoms with Gasteiger partial charge in [0.15, 0.2) is 0 Å². The van der Waals surface area contributed by atoms with Crippen molar-refractivity contribution in [3.05, 3.63) is 35.0 Å². The molecule has 1 fully saturated rings. The van der Waals surface area contributed by atoms with Gasteiger partial charge < -0.3 is 9.72 Å². The normalized spacial score (nSPS) is 19.9. The molecule has 86 valence electrons. The van der Waals surface area contributed by atoms with Crippen LogP contribution >= 0.6 is 11.6 Å². The lowest BCUT2D eigenvalue weighted by Gasteiger charge is -2.02. The number of aromatic amines is 1. The Morgan fingerprint density at radius 2 is 2.18 bits per heavy atom. The standard InChI is InChI=1S/C12H8ClNO3/c13-6-1-2-7-9(5-14-10(7)3-6)8-4-11(15)17-12(8)16/h1-3,5,8,14H,4H2. The average Bonchev–Trinajstić information content (AvgIpc) is 2.81. The van der Waals surface area contributed by atoms with E-state index in [1.54, 1.807) is 18.3 Å². The number of esters is 2. The van der Waals surface area contributed by atoms with E-state index in [4.69, 9.17) is 11.6 Å². The van der Waals surface area contributed by atoms with Crippen molar-refractivity contribution in [2.45, 2.75) is 12.3 Å². The first-order valence-corrected chi connectivity index (χ1v) is 5.54. The second-order valence-corrected chi connectivity index (χ2v) is 4.42. The van der Waals surface area contributed by atoms with Crippen molar-refractivity contribution >= 4 is 34.4 Å². The molecule has 0 saturated carbocycles. The molecule has 2 aromatic rings. The summed E-state index contributed by atoms with van der Waals surface area (Å²) >= 11 is 5.87. The largest absolute Gasteiger partial charge is 0.393 e. The molecule has 17 heavy (non-hydrogen) atoms. The van der Waals surface area contributed by atoms with Crippen molar-refractivity contribution < 1.29 is 14.3 Å². The van der Waals surface area contributed by atoms with E-state index in [9.17, 15) is 9.59 Å². The fourth-order valence-electron chi connectivity index (χ4n) is 2.12. The summed E-state index contributed by atoms with van der Waals surface area (Å²) in [4.78, 5) is 25.6. The maximum absolute atomic E-state index is 11.5. The maximum atomic E-state index is 11.5. The van der Waals surface area contributed by atoms with Gasteiger partial charge in [-0.1, -0.05) is 17.7 Å².